The van der Waals surface area contributed by atoms with Gasteiger partial charge in [-0.3, -0.25) is 0 Å². The van der Waals surface area contributed by atoms with Crippen molar-refractivity contribution in [3.05, 3.63) is 196 Å². The van der Waals surface area contributed by atoms with Gasteiger partial charge in [0.1, 0.15) is 11.9 Å². The third-order valence-corrected chi connectivity index (χ3v) is 17.8. The summed E-state index contributed by atoms with van der Waals surface area (Å²) in [6.07, 6.45) is 34.7. The van der Waals surface area contributed by atoms with Gasteiger partial charge in [0.25, 0.3) is 0 Å². The first-order valence-corrected chi connectivity index (χ1v) is 26.3. The summed E-state index contributed by atoms with van der Waals surface area (Å²) >= 11 is 0. The largest absolute Gasteiger partial charge is 0.485 e. The van der Waals surface area contributed by atoms with Gasteiger partial charge in [-0.2, -0.15) is 0 Å². The number of hydrogen-bond acceptors (Lipinski definition) is 3. The van der Waals surface area contributed by atoms with Crippen LogP contribution >= 0.6 is 0 Å². The Labute approximate surface area is 413 Å². The highest BCUT2D eigenvalue weighted by molar-refractivity contribution is 5.90. The van der Waals surface area contributed by atoms with Crippen molar-refractivity contribution in [1.82, 2.24) is 0 Å². The number of benzene rings is 4. The van der Waals surface area contributed by atoms with Crippen molar-refractivity contribution in [2.24, 2.45) is 28.6 Å². The van der Waals surface area contributed by atoms with Gasteiger partial charge >= 0.3 is 0 Å². The summed E-state index contributed by atoms with van der Waals surface area (Å²) in [5, 5.41) is 2.48. The first-order valence-electron chi connectivity index (χ1n) is 26.3. The van der Waals surface area contributed by atoms with Crippen molar-refractivity contribution in [3.8, 4) is 5.75 Å². The Morgan fingerprint density at radius 1 is 0.667 bits per heavy atom. The second-order valence-electron chi connectivity index (χ2n) is 24.8. The van der Waals surface area contributed by atoms with Crippen LogP contribution in [0.2, 0.25) is 0 Å². The summed E-state index contributed by atoms with van der Waals surface area (Å²) in [4.78, 5) is 5.08. The zero-order valence-electron chi connectivity index (χ0n) is 42.9. The molecule has 0 aromatic heterocycles. The molecule has 4 aromatic rings. The fraction of sp³-hybridized carbons (Fsp3) is 0.394. The van der Waals surface area contributed by atoms with Crippen molar-refractivity contribution in [1.29, 1.82) is 0 Å². The van der Waals surface area contributed by atoms with E-state index in [4.69, 9.17) is 4.74 Å². The van der Waals surface area contributed by atoms with Crippen molar-refractivity contribution < 1.29 is 4.74 Å². The predicted molar refractivity (Wildman–Crippen MR) is 291 cm³/mol. The third-order valence-electron chi connectivity index (χ3n) is 17.8. The number of fused-ring (bicyclic) bond motifs is 8. The Morgan fingerprint density at radius 2 is 1.41 bits per heavy atom. The molecule has 0 amide bonds. The van der Waals surface area contributed by atoms with E-state index in [1.165, 1.54) is 86.2 Å². The summed E-state index contributed by atoms with van der Waals surface area (Å²) < 4.78 is 7.07. The molecule has 0 saturated heterocycles. The second kappa shape index (κ2) is 15.9. The van der Waals surface area contributed by atoms with Gasteiger partial charge in [-0.25, -0.2) is 0 Å². The second-order valence-corrected chi connectivity index (χ2v) is 24.8. The van der Waals surface area contributed by atoms with Crippen molar-refractivity contribution in [3.63, 3.8) is 0 Å². The van der Waals surface area contributed by atoms with E-state index in [1.54, 1.807) is 11.1 Å². The molecule has 69 heavy (non-hydrogen) atoms. The lowest BCUT2D eigenvalue weighted by atomic mass is 9.70. The molecule has 3 heteroatoms. The number of nitrogens with zero attached hydrogens (tertiary/aromatic N) is 2. The number of hydrogen-bond donors (Lipinski definition) is 0. The summed E-state index contributed by atoms with van der Waals surface area (Å²) in [5.41, 5.74) is 19.7. The van der Waals surface area contributed by atoms with Crippen LogP contribution in [0.15, 0.2) is 173 Å². The molecular weight excluding hydrogens is 837 g/mol. The molecule has 0 saturated carbocycles. The van der Waals surface area contributed by atoms with E-state index in [2.05, 4.69) is 219 Å². The molecule has 352 valence electrons. The minimum atomic E-state index is -0.105. The molecule has 3 nitrogen and oxygen atoms in total. The summed E-state index contributed by atoms with van der Waals surface area (Å²) in [6, 6.07) is 28.4. The van der Waals surface area contributed by atoms with Gasteiger partial charge in [0.05, 0.1) is 0 Å². The van der Waals surface area contributed by atoms with E-state index in [1.807, 2.05) is 0 Å². The highest BCUT2D eigenvalue weighted by Crippen LogP contribution is 2.59. The molecule has 7 aliphatic carbocycles. The number of rotatable bonds is 6. The SMILES string of the molecule is CC(C)(C)c1ccc(N(C2=CC3Oc4cc5cc(N(C6=CCC(C(C)(C)C)C=C6)C6=CC7C(CC6)C6=C(CCC=C6)C7(C)C)ccc5cc4C3C=C2)c2ccc3c(c2)C(C)(C)C2=C3CCC=C2)cc1. The van der Waals surface area contributed by atoms with Crippen LogP contribution in [0.25, 0.3) is 16.3 Å². The molecule has 5 atom stereocenters. The molecule has 0 fully saturated rings. The summed E-state index contributed by atoms with van der Waals surface area (Å²) in [5.74, 6) is 2.79. The topological polar surface area (TPSA) is 15.7 Å². The highest BCUT2D eigenvalue weighted by Gasteiger charge is 2.48. The molecule has 1 aliphatic heterocycles. The fourth-order valence-electron chi connectivity index (χ4n) is 13.7. The Kier molecular flexibility index (Phi) is 10.2. The summed E-state index contributed by atoms with van der Waals surface area (Å²) in [7, 11) is 0. The molecule has 0 radical (unpaired) electrons. The van der Waals surface area contributed by atoms with E-state index in [9.17, 15) is 0 Å². The monoisotopic (exact) mass is 909 g/mol. The van der Waals surface area contributed by atoms with Crippen LogP contribution in [0.3, 0.4) is 0 Å². The maximum Gasteiger partial charge on any atom is 0.130 e. The van der Waals surface area contributed by atoms with Crippen LogP contribution < -0.4 is 14.5 Å². The van der Waals surface area contributed by atoms with Gasteiger partial charge in [-0.05, 0) is 190 Å². The van der Waals surface area contributed by atoms with Gasteiger partial charge in [0, 0.05) is 51.0 Å². The maximum absolute atomic E-state index is 7.07. The van der Waals surface area contributed by atoms with Crippen LogP contribution in [0.4, 0.5) is 17.1 Å². The Balaban J connectivity index is 0.889. The number of ether oxygens (including phenoxy) is 1. The lowest BCUT2D eigenvalue weighted by Crippen LogP contribution is -2.32. The van der Waals surface area contributed by atoms with Crippen LogP contribution in [0.1, 0.15) is 142 Å². The average Bonchev–Trinajstić information content (AvgIpc) is 3.89. The maximum atomic E-state index is 7.07. The van der Waals surface area contributed by atoms with Gasteiger partial charge in [0.15, 0.2) is 0 Å². The first kappa shape index (κ1) is 44.4. The van der Waals surface area contributed by atoms with Crippen LogP contribution in [0, 0.1) is 28.6 Å². The molecule has 8 aliphatic rings. The summed E-state index contributed by atoms with van der Waals surface area (Å²) in [6.45, 7) is 23.8. The Morgan fingerprint density at radius 3 is 2.17 bits per heavy atom. The third kappa shape index (κ3) is 7.26. The first-order chi connectivity index (χ1) is 32.9. The standard InChI is InChI=1S/C66H72N2O/c1-63(2,3)43-20-25-45(26-21-43)67(48-29-32-53-51-15-11-13-17-57(51)65(7,8)59(53)38-48)47-24-19-41-36-56-55-34-31-50(40-62(55)69-61(56)37-42(41)35-47)68(46-27-22-44(23-28-46)64(4,5)6)49-30-33-54-52-16-12-14-18-58(52)66(9,10)60(54)39-49/h11,14-15,18-20,22-28,30-31,33-40,43,53,55,59,62H,12-13,16-17,21,29,32H2,1-10H3. The zero-order valence-corrected chi connectivity index (χ0v) is 42.9. The normalized spacial score (nSPS) is 25.8. The van der Waals surface area contributed by atoms with E-state index in [0.717, 1.165) is 42.8 Å². The van der Waals surface area contributed by atoms with Crippen molar-refractivity contribution in [2.75, 3.05) is 9.80 Å². The van der Waals surface area contributed by atoms with Gasteiger partial charge < -0.3 is 14.5 Å². The van der Waals surface area contributed by atoms with E-state index < -0.39 is 0 Å². The smallest absolute Gasteiger partial charge is 0.130 e. The minimum Gasteiger partial charge on any atom is -0.485 e. The Hall–Kier alpha value is -5.80. The molecule has 1 heterocycles. The van der Waals surface area contributed by atoms with E-state index in [-0.39, 0.29) is 33.7 Å². The van der Waals surface area contributed by atoms with Gasteiger partial charge in [-0.1, -0.05) is 148 Å². The van der Waals surface area contributed by atoms with E-state index >= 15 is 0 Å². The van der Waals surface area contributed by atoms with Crippen LogP contribution in [-0.4, -0.2) is 6.10 Å². The molecule has 4 aromatic carbocycles. The lowest BCUT2D eigenvalue weighted by molar-refractivity contribution is 0.265. The molecule has 0 N–H and O–H groups in total. The predicted octanol–water partition coefficient (Wildman–Crippen LogP) is 17.6. The molecule has 0 bridgehead atoms. The number of anilines is 3. The Bertz CT molecular complexity index is 3100. The minimum absolute atomic E-state index is 0.0478. The zero-order chi connectivity index (χ0) is 47.8. The van der Waals surface area contributed by atoms with Gasteiger partial charge in [-0.15, -0.1) is 0 Å². The van der Waals surface area contributed by atoms with Gasteiger partial charge in [0.2, 0.25) is 0 Å². The highest BCUT2D eigenvalue weighted by atomic mass is 16.5. The lowest BCUT2D eigenvalue weighted by Gasteiger charge is -2.40. The molecular formula is C66H72N2O. The fourth-order valence-corrected chi connectivity index (χ4v) is 13.7. The number of allylic oxidation sites excluding steroid dienone is 14. The van der Waals surface area contributed by atoms with Crippen molar-refractivity contribution >= 4 is 33.4 Å². The molecule has 5 unspecified atom stereocenters. The van der Waals surface area contributed by atoms with Crippen LogP contribution in [0.5, 0.6) is 5.75 Å². The van der Waals surface area contributed by atoms with Crippen molar-refractivity contribution in [2.45, 2.75) is 137 Å². The van der Waals surface area contributed by atoms with Crippen LogP contribution in [-0.2, 0) is 10.8 Å². The molecule has 12 rings (SSSR count). The molecule has 0 spiro atoms. The quantitative estimate of drug-likeness (QED) is 0.192. The van der Waals surface area contributed by atoms with E-state index in [0.29, 0.717) is 17.8 Å². The average molecular weight is 909 g/mol.